The van der Waals surface area contributed by atoms with Crippen molar-refractivity contribution >= 4 is 41.4 Å². The topological polar surface area (TPSA) is 234 Å². The molecule has 4 amide bonds. The molecule has 0 fully saturated rings. The average molecular weight is 452 g/mol. The van der Waals surface area contributed by atoms with Gasteiger partial charge < -0.3 is 42.7 Å². The van der Waals surface area contributed by atoms with E-state index < -0.39 is 72.9 Å². The summed E-state index contributed by atoms with van der Waals surface area (Å²) in [6, 6.07) is -5.60. The molecule has 5 atom stereocenters. The maximum Gasteiger partial charge on any atom is 0.326 e. The molecule has 0 aromatic heterocycles. The third kappa shape index (κ3) is 9.87. The highest BCUT2D eigenvalue weighted by Crippen LogP contribution is 2.03. The van der Waals surface area contributed by atoms with E-state index in [-0.39, 0.29) is 6.42 Å². The molecule has 0 rings (SSSR count). The Bertz CT molecular complexity index is 633. The number of aliphatic hydroxyl groups is 2. The number of rotatable bonds is 14. The van der Waals surface area contributed by atoms with Gasteiger partial charge in [-0.15, -0.1) is 0 Å². The minimum absolute atomic E-state index is 0.157. The van der Waals surface area contributed by atoms with Crippen LogP contribution in [0.3, 0.4) is 0 Å². The third-order valence-corrected chi connectivity index (χ3v) is 4.55. The molecular formula is C16H29N5O8S. The summed E-state index contributed by atoms with van der Waals surface area (Å²) in [5, 5.41) is 34.4. The number of carboxylic acid groups (broad SMARTS) is 1. The molecule has 0 bridgehead atoms. The first-order chi connectivity index (χ1) is 13.9. The van der Waals surface area contributed by atoms with Crippen molar-refractivity contribution in [2.24, 2.45) is 11.5 Å². The fourth-order valence-electron chi connectivity index (χ4n) is 2.13. The summed E-state index contributed by atoms with van der Waals surface area (Å²) in [6.45, 7) is 0.426. The lowest BCUT2D eigenvalue weighted by atomic mass is 10.1. The molecule has 0 aliphatic rings. The molecule has 30 heavy (non-hydrogen) atoms. The molecule has 13 nitrogen and oxygen atoms in total. The SMILES string of the molecule is CSCCC(NC(=O)C(N)C(C)O)C(=O)NC(CO)C(=O)NC(CC(N)=O)C(=O)O. The number of thioether (sulfide) groups is 1. The molecular weight excluding hydrogens is 422 g/mol. The minimum Gasteiger partial charge on any atom is -0.480 e. The zero-order valence-corrected chi connectivity index (χ0v) is 17.5. The van der Waals surface area contributed by atoms with E-state index in [2.05, 4.69) is 10.6 Å². The summed E-state index contributed by atoms with van der Waals surface area (Å²) < 4.78 is 0. The highest BCUT2D eigenvalue weighted by molar-refractivity contribution is 7.98. The van der Waals surface area contributed by atoms with Crippen molar-refractivity contribution in [1.82, 2.24) is 16.0 Å². The molecule has 0 saturated carbocycles. The lowest BCUT2D eigenvalue weighted by Gasteiger charge is -2.24. The standard InChI is InChI=1S/C16H29N5O8S/c1-7(23)12(18)15(27)19-8(3-4-30-2)13(25)21-10(6-22)14(26)20-9(16(28)29)5-11(17)24/h7-10,12,22-23H,3-6,18H2,1-2H3,(H2,17,24)(H,19,27)(H,20,26)(H,21,25)(H,28,29). The molecule has 10 N–H and O–H groups in total. The summed E-state index contributed by atoms with van der Waals surface area (Å²) in [7, 11) is 0. The number of hydrogen-bond acceptors (Lipinski definition) is 9. The number of hydrogen-bond donors (Lipinski definition) is 8. The van der Waals surface area contributed by atoms with Crippen LogP contribution < -0.4 is 27.4 Å². The molecule has 0 radical (unpaired) electrons. The van der Waals surface area contributed by atoms with Crippen LogP contribution >= 0.6 is 11.8 Å². The monoisotopic (exact) mass is 451 g/mol. The van der Waals surface area contributed by atoms with Gasteiger partial charge in [0.25, 0.3) is 0 Å². The number of amides is 4. The minimum atomic E-state index is -1.64. The molecule has 0 aliphatic heterocycles. The first-order valence-electron chi connectivity index (χ1n) is 8.90. The number of carbonyl (C=O) groups is 5. The molecule has 172 valence electrons. The van der Waals surface area contributed by atoms with Crippen molar-refractivity contribution in [3.63, 3.8) is 0 Å². The molecule has 0 aromatic rings. The van der Waals surface area contributed by atoms with Gasteiger partial charge in [0.1, 0.15) is 24.2 Å². The van der Waals surface area contributed by atoms with Crippen LogP contribution in [0.1, 0.15) is 19.8 Å². The Morgan fingerprint density at radius 2 is 1.47 bits per heavy atom. The molecule has 0 spiro atoms. The van der Waals surface area contributed by atoms with Crippen LogP contribution in [0, 0.1) is 0 Å². The highest BCUT2D eigenvalue weighted by atomic mass is 32.2. The van der Waals surface area contributed by atoms with Crippen LogP contribution in [-0.2, 0) is 24.0 Å². The highest BCUT2D eigenvalue weighted by Gasteiger charge is 2.31. The van der Waals surface area contributed by atoms with Crippen molar-refractivity contribution in [3.05, 3.63) is 0 Å². The Morgan fingerprint density at radius 3 is 1.90 bits per heavy atom. The smallest absolute Gasteiger partial charge is 0.326 e. The van der Waals surface area contributed by atoms with Crippen LogP contribution in [-0.4, -0.2) is 93.8 Å². The Kier molecular flexibility index (Phi) is 12.6. The van der Waals surface area contributed by atoms with Gasteiger partial charge in [0.05, 0.1) is 19.1 Å². The lowest BCUT2D eigenvalue weighted by molar-refractivity contribution is -0.144. The fraction of sp³-hybridized carbons (Fsp3) is 0.688. The van der Waals surface area contributed by atoms with Crippen LogP contribution in [0.4, 0.5) is 0 Å². The first kappa shape index (κ1) is 27.6. The van der Waals surface area contributed by atoms with Crippen LogP contribution in [0.15, 0.2) is 0 Å². The Morgan fingerprint density at radius 1 is 0.967 bits per heavy atom. The van der Waals surface area contributed by atoms with Crippen molar-refractivity contribution in [1.29, 1.82) is 0 Å². The van der Waals surface area contributed by atoms with E-state index in [9.17, 15) is 34.2 Å². The van der Waals surface area contributed by atoms with Gasteiger partial charge in [-0.2, -0.15) is 11.8 Å². The summed E-state index contributed by atoms with van der Waals surface area (Å²) in [5.41, 5.74) is 10.5. The first-order valence-corrected chi connectivity index (χ1v) is 10.3. The van der Waals surface area contributed by atoms with Gasteiger partial charge in [0, 0.05) is 0 Å². The second-order valence-electron chi connectivity index (χ2n) is 6.42. The van der Waals surface area contributed by atoms with Crippen LogP contribution in [0.25, 0.3) is 0 Å². The van der Waals surface area contributed by atoms with E-state index in [0.717, 1.165) is 0 Å². The molecule has 0 aromatic carbocycles. The largest absolute Gasteiger partial charge is 0.480 e. The lowest BCUT2D eigenvalue weighted by Crippen LogP contribution is -2.59. The number of aliphatic carboxylic acids is 1. The van der Waals surface area contributed by atoms with Crippen molar-refractivity contribution in [2.45, 2.75) is 50.0 Å². The average Bonchev–Trinajstić information content (AvgIpc) is 2.66. The van der Waals surface area contributed by atoms with Gasteiger partial charge in [-0.25, -0.2) is 4.79 Å². The van der Waals surface area contributed by atoms with Gasteiger partial charge in [0.2, 0.25) is 23.6 Å². The third-order valence-electron chi connectivity index (χ3n) is 3.90. The summed E-state index contributed by atoms with van der Waals surface area (Å²) in [5.74, 6) is -4.72. The van der Waals surface area contributed by atoms with Gasteiger partial charge in [-0.3, -0.25) is 19.2 Å². The summed E-state index contributed by atoms with van der Waals surface area (Å²) >= 11 is 1.39. The second kappa shape index (κ2) is 13.7. The van der Waals surface area contributed by atoms with Crippen molar-refractivity contribution in [3.8, 4) is 0 Å². The van der Waals surface area contributed by atoms with E-state index in [0.29, 0.717) is 5.75 Å². The van der Waals surface area contributed by atoms with Crippen LogP contribution in [0.5, 0.6) is 0 Å². The Balaban J connectivity index is 5.21. The van der Waals surface area contributed by atoms with Gasteiger partial charge >= 0.3 is 5.97 Å². The molecule has 14 heteroatoms. The number of nitrogens with one attached hydrogen (secondary N) is 3. The molecule has 5 unspecified atom stereocenters. The number of nitrogens with two attached hydrogens (primary N) is 2. The van der Waals surface area contributed by atoms with E-state index in [4.69, 9.17) is 16.6 Å². The predicted octanol–water partition coefficient (Wildman–Crippen LogP) is -4.15. The Labute approximate surface area is 177 Å². The Hall–Kier alpha value is -2.42. The van der Waals surface area contributed by atoms with Gasteiger partial charge in [-0.1, -0.05) is 0 Å². The number of carbonyl (C=O) groups excluding carboxylic acids is 4. The summed E-state index contributed by atoms with van der Waals surface area (Å²) in [4.78, 5) is 58.8. The maximum atomic E-state index is 12.5. The van der Waals surface area contributed by atoms with E-state index in [1.165, 1.54) is 18.7 Å². The number of aliphatic hydroxyl groups excluding tert-OH is 2. The number of primary amides is 1. The summed E-state index contributed by atoms with van der Waals surface area (Å²) in [6.07, 6.45) is 0.0809. The van der Waals surface area contributed by atoms with Gasteiger partial charge in [0.15, 0.2) is 0 Å². The van der Waals surface area contributed by atoms with E-state index in [1.807, 2.05) is 5.32 Å². The van der Waals surface area contributed by atoms with E-state index >= 15 is 0 Å². The zero-order valence-electron chi connectivity index (χ0n) is 16.7. The molecule has 0 aliphatic carbocycles. The van der Waals surface area contributed by atoms with E-state index in [1.54, 1.807) is 6.26 Å². The van der Waals surface area contributed by atoms with Gasteiger partial charge in [-0.05, 0) is 25.4 Å². The normalized spacial score (nSPS) is 15.8. The molecule has 0 heterocycles. The van der Waals surface area contributed by atoms with Crippen molar-refractivity contribution < 1.29 is 39.3 Å². The van der Waals surface area contributed by atoms with Crippen LogP contribution in [0.2, 0.25) is 0 Å². The number of carboxylic acids is 1. The van der Waals surface area contributed by atoms with Crippen molar-refractivity contribution in [2.75, 3.05) is 18.6 Å². The zero-order chi connectivity index (χ0) is 23.4. The second-order valence-corrected chi connectivity index (χ2v) is 7.41. The quantitative estimate of drug-likeness (QED) is 0.127. The predicted molar refractivity (Wildman–Crippen MR) is 107 cm³/mol. The fourth-order valence-corrected chi connectivity index (χ4v) is 2.60. The maximum absolute atomic E-state index is 12.5. The molecule has 0 saturated heterocycles.